The van der Waals surface area contributed by atoms with E-state index in [-0.39, 0.29) is 16.9 Å². The predicted octanol–water partition coefficient (Wildman–Crippen LogP) is 6.41. The van der Waals surface area contributed by atoms with Gasteiger partial charge in [-0.05, 0) is 69.2 Å². The lowest BCUT2D eigenvalue weighted by atomic mass is 9.94. The highest BCUT2D eigenvalue weighted by Crippen LogP contribution is 2.36. The Morgan fingerprint density at radius 3 is 2.17 bits per heavy atom. The molecule has 4 heteroatoms. The van der Waals surface area contributed by atoms with Crippen molar-refractivity contribution in [2.45, 2.75) is 34.6 Å². The minimum Gasteiger partial charge on any atom is -0.456 e. The molecule has 29 heavy (non-hydrogen) atoms. The van der Waals surface area contributed by atoms with Gasteiger partial charge in [0.2, 0.25) is 0 Å². The van der Waals surface area contributed by atoms with Crippen molar-refractivity contribution < 1.29 is 18.7 Å². The van der Waals surface area contributed by atoms with Gasteiger partial charge in [-0.1, -0.05) is 30.3 Å². The van der Waals surface area contributed by atoms with Crippen molar-refractivity contribution >= 4 is 22.3 Å². The summed E-state index contributed by atoms with van der Waals surface area (Å²) in [5.41, 5.74) is 1.88. The molecule has 0 fully saturated rings. The van der Waals surface area contributed by atoms with Gasteiger partial charge >= 0.3 is 0 Å². The topological polar surface area (TPSA) is 43.4 Å². The molecule has 0 unspecified atom stereocenters. The van der Waals surface area contributed by atoms with Crippen LogP contribution in [0, 0.1) is 26.6 Å². The van der Waals surface area contributed by atoms with Gasteiger partial charge in [0.05, 0.1) is 5.57 Å². The maximum absolute atomic E-state index is 14.7. The smallest absolute Gasteiger partial charge is 0.196 e. The van der Waals surface area contributed by atoms with Crippen molar-refractivity contribution in [2.75, 3.05) is 0 Å². The molecule has 0 bridgehead atoms. The van der Waals surface area contributed by atoms with Gasteiger partial charge in [0, 0.05) is 16.7 Å². The van der Waals surface area contributed by atoms with Gasteiger partial charge in [0.15, 0.2) is 11.6 Å². The van der Waals surface area contributed by atoms with Gasteiger partial charge < -0.3 is 4.74 Å². The van der Waals surface area contributed by atoms with E-state index >= 15 is 0 Å². The van der Waals surface area contributed by atoms with Crippen LogP contribution in [0.3, 0.4) is 0 Å². The minimum atomic E-state index is -0.550. The number of allylic oxidation sites excluding steroid dienone is 2. The first-order valence-electron chi connectivity index (χ1n) is 9.43. The molecule has 0 aliphatic heterocycles. The number of carbonyl (C=O) groups is 2. The standard InChI is InChI=1S/C25H23FO3/c1-6-20(17(5)27)24(28)21-13-22(26)16(4)25(15(21)3)29-23-12-19-10-8-7-9-18(19)11-14(23)2/h6-13H,1-5H3/b20-6-. The summed E-state index contributed by atoms with van der Waals surface area (Å²) in [6.45, 7) is 8.18. The Hall–Kier alpha value is -3.27. The van der Waals surface area contributed by atoms with Crippen LogP contribution in [-0.2, 0) is 4.79 Å². The summed E-state index contributed by atoms with van der Waals surface area (Å²) in [7, 11) is 0. The van der Waals surface area contributed by atoms with Gasteiger partial charge in [-0.15, -0.1) is 0 Å². The molecule has 0 atom stereocenters. The van der Waals surface area contributed by atoms with Crippen LogP contribution in [0.1, 0.15) is 40.9 Å². The molecule has 0 radical (unpaired) electrons. The summed E-state index contributed by atoms with van der Waals surface area (Å²) in [4.78, 5) is 24.6. The number of Topliss-reactive ketones (excluding diaryl/α,β-unsaturated/α-hetero) is 2. The Bertz CT molecular complexity index is 1170. The van der Waals surface area contributed by atoms with Crippen LogP contribution in [-0.4, -0.2) is 11.6 Å². The van der Waals surface area contributed by atoms with Crippen LogP contribution < -0.4 is 4.74 Å². The molecule has 0 saturated heterocycles. The van der Waals surface area contributed by atoms with Crippen molar-refractivity contribution in [2.24, 2.45) is 0 Å². The quantitative estimate of drug-likeness (QED) is 0.219. The summed E-state index contributed by atoms with van der Waals surface area (Å²) in [5.74, 6) is -0.518. The first kappa shape index (κ1) is 20.5. The lowest BCUT2D eigenvalue weighted by molar-refractivity contribution is -0.113. The Balaban J connectivity index is 2.13. The number of hydrogen-bond donors (Lipinski definition) is 0. The van der Waals surface area contributed by atoms with Crippen LogP contribution in [0.5, 0.6) is 11.5 Å². The molecule has 3 aromatic rings. The second kappa shape index (κ2) is 8.00. The number of ketones is 2. The van der Waals surface area contributed by atoms with E-state index in [1.807, 2.05) is 43.3 Å². The van der Waals surface area contributed by atoms with Crippen LogP contribution in [0.15, 0.2) is 54.1 Å². The van der Waals surface area contributed by atoms with E-state index in [0.29, 0.717) is 22.6 Å². The van der Waals surface area contributed by atoms with Gasteiger partial charge in [-0.25, -0.2) is 4.39 Å². The molecule has 0 aromatic heterocycles. The van der Waals surface area contributed by atoms with Gasteiger partial charge in [0.1, 0.15) is 17.3 Å². The highest BCUT2D eigenvalue weighted by molar-refractivity contribution is 6.26. The Morgan fingerprint density at radius 1 is 0.966 bits per heavy atom. The fourth-order valence-electron chi connectivity index (χ4n) is 3.44. The number of hydrogen-bond acceptors (Lipinski definition) is 3. The Kier molecular flexibility index (Phi) is 5.64. The molecule has 3 aromatic carbocycles. The van der Waals surface area contributed by atoms with Gasteiger partial charge in [-0.2, -0.15) is 0 Å². The average molecular weight is 390 g/mol. The van der Waals surface area contributed by atoms with Crippen molar-refractivity contribution in [3.63, 3.8) is 0 Å². The number of rotatable bonds is 5. The molecule has 0 amide bonds. The fourth-order valence-corrected chi connectivity index (χ4v) is 3.44. The minimum absolute atomic E-state index is 0.0317. The number of benzene rings is 3. The molecule has 0 aliphatic rings. The highest BCUT2D eigenvalue weighted by Gasteiger charge is 2.23. The Morgan fingerprint density at radius 2 is 1.59 bits per heavy atom. The zero-order valence-corrected chi connectivity index (χ0v) is 17.2. The number of carbonyl (C=O) groups excluding carboxylic acids is 2. The van der Waals surface area contributed by atoms with Crippen molar-refractivity contribution in [1.82, 2.24) is 0 Å². The fraction of sp³-hybridized carbons (Fsp3) is 0.200. The molecular formula is C25H23FO3. The normalized spacial score (nSPS) is 11.6. The van der Waals surface area contributed by atoms with Crippen molar-refractivity contribution in [3.05, 3.63) is 82.2 Å². The SMILES string of the molecule is C/C=C(/C(C)=O)C(=O)c1cc(F)c(C)c(Oc2cc3ccccc3cc2C)c1C. The van der Waals surface area contributed by atoms with Crippen LogP contribution in [0.25, 0.3) is 10.8 Å². The van der Waals surface area contributed by atoms with Crippen LogP contribution >= 0.6 is 0 Å². The molecular weight excluding hydrogens is 367 g/mol. The second-order valence-corrected chi connectivity index (χ2v) is 7.14. The van der Waals surface area contributed by atoms with E-state index in [0.717, 1.165) is 16.3 Å². The lowest BCUT2D eigenvalue weighted by Crippen LogP contribution is -2.13. The summed E-state index contributed by atoms with van der Waals surface area (Å²) in [6.07, 6.45) is 1.45. The largest absolute Gasteiger partial charge is 0.456 e. The van der Waals surface area contributed by atoms with Gasteiger partial charge in [0.25, 0.3) is 0 Å². The van der Waals surface area contributed by atoms with Crippen LogP contribution in [0.4, 0.5) is 4.39 Å². The first-order valence-corrected chi connectivity index (χ1v) is 9.43. The average Bonchev–Trinajstić information content (AvgIpc) is 2.68. The predicted molar refractivity (Wildman–Crippen MR) is 113 cm³/mol. The number of halogens is 1. The zero-order valence-electron chi connectivity index (χ0n) is 17.2. The monoisotopic (exact) mass is 390 g/mol. The molecule has 3 rings (SSSR count). The van der Waals surface area contributed by atoms with Crippen LogP contribution in [0.2, 0.25) is 0 Å². The maximum Gasteiger partial charge on any atom is 0.196 e. The van der Waals surface area contributed by atoms with E-state index in [1.54, 1.807) is 20.8 Å². The molecule has 0 spiro atoms. The third kappa shape index (κ3) is 3.83. The molecule has 3 nitrogen and oxygen atoms in total. The summed E-state index contributed by atoms with van der Waals surface area (Å²) >= 11 is 0. The summed E-state index contributed by atoms with van der Waals surface area (Å²) in [6, 6.07) is 13.0. The second-order valence-electron chi connectivity index (χ2n) is 7.14. The molecule has 0 N–H and O–H groups in total. The third-order valence-corrected chi connectivity index (χ3v) is 5.13. The summed E-state index contributed by atoms with van der Waals surface area (Å²) in [5, 5.41) is 2.09. The van der Waals surface area contributed by atoms with Gasteiger partial charge in [-0.3, -0.25) is 9.59 Å². The first-order chi connectivity index (χ1) is 13.7. The third-order valence-electron chi connectivity index (χ3n) is 5.13. The summed E-state index contributed by atoms with van der Waals surface area (Å²) < 4.78 is 20.8. The van der Waals surface area contributed by atoms with Crippen molar-refractivity contribution in [3.8, 4) is 11.5 Å². The van der Waals surface area contributed by atoms with E-state index in [1.165, 1.54) is 19.1 Å². The van der Waals surface area contributed by atoms with Crippen molar-refractivity contribution in [1.29, 1.82) is 0 Å². The van der Waals surface area contributed by atoms with E-state index in [2.05, 4.69) is 0 Å². The van der Waals surface area contributed by atoms with E-state index in [4.69, 9.17) is 4.74 Å². The molecule has 0 aliphatic carbocycles. The maximum atomic E-state index is 14.7. The molecule has 0 saturated carbocycles. The highest BCUT2D eigenvalue weighted by atomic mass is 19.1. The van der Waals surface area contributed by atoms with E-state index in [9.17, 15) is 14.0 Å². The lowest BCUT2D eigenvalue weighted by Gasteiger charge is -2.17. The van der Waals surface area contributed by atoms with E-state index < -0.39 is 11.6 Å². The Labute approximate surface area is 169 Å². The number of fused-ring (bicyclic) bond motifs is 1. The molecule has 0 heterocycles. The molecule has 148 valence electrons. The zero-order chi connectivity index (χ0) is 21.3. The number of ether oxygens (including phenoxy) is 1. The number of aryl methyl sites for hydroxylation is 1.